The molecule has 8 nitrogen and oxygen atoms in total. The van der Waals surface area contributed by atoms with Crippen molar-refractivity contribution in [1.29, 1.82) is 0 Å². The molecule has 0 unspecified atom stereocenters. The zero-order chi connectivity index (χ0) is 21.4. The lowest BCUT2D eigenvalue weighted by atomic mass is 9.86. The highest BCUT2D eigenvalue weighted by Crippen LogP contribution is 2.24. The Balaban J connectivity index is 2.42. The number of Topliss-reactive ketones (excluding diaryl/α,β-unsaturated/α-hetero) is 1. The van der Waals surface area contributed by atoms with Gasteiger partial charge in [0.2, 0.25) is 0 Å². The van der Waals surface area contributed by atoms with E-state index in [2.05, 4.69) is 0 Å². The van der Waals surface area contributed by atoms with Crippen LogP contribution in [0.5, 0.6) is 0 Å². The van der Waals surface area contributed by atoms with Crippen molar-refractivity contribution in [2.75, 3.05) is 18.1 Å². The first-order valence-corrected chi connectivity index (χ1v) is 12.1. The van der Waals surface area contributed by atoms with Crippen LogP contribution in [-0.4, -0.2) is 51.3 Å². The SMILES string of the molecule is CC(C)(CCC(=O)[C@@H](N)Cc1ccccc1)COS(=O)(=O)CCCS(=O)(=O)O. The van der Waals surface area contributed by atoms with Gasteiger partial charge in [-0.15, -0.1) is 0 Å². The molecule has 0 spiro atoms. The van der Waals surface area contributed by atoms with Gasteiger partial charge in [-0.1, -0.05) is 44.2 Å². The summed E-state index contributed by atoms with van der Waals surface area (Å²) in [4.78, 5) is 12.3. The third kappa shape index (κ3) is 10.9. The number of hydrogen-bond acceptors (Lipinski definition) is 7. The molecule has 1 aromatic rings. The lowest BCUT2D eigenvalue weighted by Crippen LogP contribution is -2.34. The highest BCUT2D eigenvalue weighted by molar-refractivity contribution is 7.87. The molecule has 0 aliphatic heterocycles. The second kappa shape index (κ2) is 10.4. The van der Waals surface area contributed by atoms with Crippen molar-refractivity contribution in [3.05, 3.63) is 35.9 Å². The van der Waals surface area contributed by atoms with E-state index in [9.17, 15) is 21.6 Å². The van der Waals surface area contributed by atoms with Gasteiger partial charge in [-0.3, -0.25) is 13.5 Å². The average molecular weight is 436 g/mol. The maximum absolute atomic E-state index is 12.3. The van der Waals surface area contributed by atoms with Gasteiger partial charge < -0.3 is 5.73 Å². The standard InChI is InChI=1S/C18H29NO7S2/c1-18(2,14-26-28(24,25)12-6-11-27(21,22)23)10-9-17(20)16(19)13-15-7-4-3-5-8-15/h3-5,7-8,16H,6,9-14,19H2,1-2H3,(H,21,22,23)/t16-/m0/s1. The summed E-state index contributed by atoms with van der Waals surface area (Å²) in [5.74, 6) is -1.26. The molecular formula is C18H29NO7S2. The molecule has 0 bridgehead atoms. The van der Waals surface area contributed by atoms with Gasteiger partial charge >= 0.3 is 0 Å². The van der Waals surface area contributed by atoms with Gasteiger partial charge in [0.1, 0.15) is 5.78 Å². The molecule has 0 radical (unpaired) electrons. The smallest absolute Gasteiger partial charge is 0.267 e. The molecule has 1 rings (SSSR count). The molecule has 0 amide bonds. The van der Waals surface area contributed by atoms with E-state index >= 15 is 0 Å². The third-order valence-electron chi connectivity index (χ3n) is 4.19. The number of ketones is 1. The molecule has 1 aromatic carbocycles. The molecule has 0 saturated carbocycles. The molecule has 28 heavy (non-hydrogen) atoms. The summed E-state index contributed by atoms with van der Waals surface area (Å²) in [6.45, 7) is 3.41. The molecule has 0 saturated heterocycles. The molecule has 0 fully saturated rings. The normalized spacial score (nSPS) is 14.0. The third-order valence-corrected chi connectivity index (χ3v) is 6.26. The van der Waals surface area contributed by atoms with Crippen molar-refractivity contribution in [2.24, 2.45) is 11.1 Å². The fraction of sp³-hybridized carbons (Fsp3) is 0.611. The Kier molecular flexibility index (Phi) is 9.22. The Hall–Kier alpha value is -1.33. The van der Waals surface area contributed by atoms with Gasteiger partial charge in [0.05, 0.1) is 24.2 Å². The predicted octanol–water partition coefficient (Wildman–Crippen LogP) is 1.56. The van der Waals surface area contributed by atoms with Gasteiger partial charge in [0, 0.05) is 6.42 Å². The van der Waals surface area contributed by atoms with Crippen molar-refractivity contribution in [3.63, 3.8) is 0 Å². The van der Waals surface area contributed by atoms with E-state index in [0.717, 1.165) is 5.56 Å². The minimum atomic E-state index is -4.21. The van der Waals surface area contributed by atoms with Crippen molar-refractivity contribution >= 4 is 26.0 Å². The first-order chi connectivity index (χ1) is 12.8. The second-order valence-corrected chi connectivity index (χ2v) is 10.9. The molecule has 10 heteroatoms. The van der Waals surface area contributed by atoms with E-state index < -0.39 is 43.2 Å². The van der Waals surface area contributed by atoms with E-state index in [1.54, 1.807) is 13.8 Å². The Morgan fingerprint density at radius 2 is 1.75 bits per heavy atom. The van der Waals surface area contributed by atoms with E-state index in [-0.39, 0.29) is 25.2 Å². The highest BCUT2D eigenvalue weighted by atomic mass is 32.2. The van der Waals surface area contributed by atoms with Crippen molar-refractivity contribution in [3.8, 4) is 0 Å². The summed E-state index contributed by atoms with van der Waals surface area (Å²) < 4.78 is 58.5. The van der Waals surface area contributed by atoms with Gasteiger partial charge in [0.15, 0.2) is 0 Å². The topological polar surface area (TPSA) is 141 Å². The molecular weight excluding hydrogens is 406 g/mol. The van der Waals surface area contributed by atoms with Gasteiger partial charge in [-0.05, 0) is 30.2 Å². The maximum Gasteiger partial charge on any atom is 0.267 e. The summed E-state index contributed by atoms with van der Waals surface area (Å²) in [5, 5.41) is 0. The van der Waals surface area contributed by atoms with Crippen LogP contribution in [0.25, 0.3) is 0 Å². The monoisotopic (exact) mass is 435 g/mol. The van der Waals surface area contributed by atoms with Gasteiger partial charge in [-0.2, -0.15) is 16.8 Å². The largest absolute Gasteiger partial charge is 0.321 e. The fourth-order valence-corrected chi connectivity index (χ4v) is 4.23. The average Bonchev–Trinajstić information content (AvgIpc) is 2.58. The molecule has 0 aliphatic rings. The highest BCUT2D eigenvalue weighted by Gasteiger charge is 2.25. The number of hydrogen-bond donors (Lipinski definition) is 2. The molecule has 3 N–H and O–H groups in total. The molecule has 160 valence electrons. The molecule has 0 heterocycles. The van der Waals surface area contributed by atoms with E-state index in [4.69, 9.17) is 14.5 Å². The summed E-state index contributed by atoms with van der Waals surface area (Å²) >= 11 is 0. The van der Waals surface area contributed by atoms with Crippen molar-refractivity contribution in [2.45, 2.75) is 45.6 Å². The van der Waals surface area contributed by atoms with Crippen molar-refractivity contribution < 1.29 is 30.4 Å². The van der Waals surface area contributed by atoms with Crippen LogP contribution in [0.3, 0.4) is 0 Å². The zero-order valence-corrected chi connectivity index (χ0v) is 17.8. The molecule has 0 aromatic heterocycles. The minimum Gasteiger partial charge on any atom is -0.321 e. The summed E-state index contributed by atoms with van der Waals surface area (Å²) in [6.07, 6.45) is 0.787. The van der Waals surface area contributed by atoms with Crippen LogP contribution >= 0.6 is 0 Å². The number of rotatable bonds is 13. The van der Waals surface area contributed by atoms with E-state index in [1.165, 1.54) is 0 Å². The molecule has 1 atom stereocenters. The first kappa shape index (κ1) is 24.7. The lowest BCUT2D eigenvalue weighted by Gasteiger charge is -2.24. The summed E-state index contributed by atoms with van der Waals surface area (Å²) in [6, 6.07) is 8.82. The van der Waals surface area contributed by atoms with Crippen LogP contribution in [0.1, 0.15) is 38.7 Å². The quantitative estimate of drug-likeness (QED) is 0.351. The van der Waals surface area contributed by atoms with Crippen LogP contribution in [0.4, 0.5) is 0 Å². The van der Waals surface area contributed by atoms with E-state index in [0.29, 0.717) is 12.8 Å². The van der Waals surface area contributed by atoms with Gasteiger partial charge in [-0.25, -0.2) is 0 Å². The first-order valence-electron chi connectivity index (χ1n) is 8.94. The van der Waals surface area contributed by atoms with Crippen LogP contribution in [0.2, 0.25) is 0 Å². The summed E-state index contributed by atoms with van der Waals surface area (Å²) in [5.41, 5.74) is 6.35. The second-order valence-electron chi connectivity index (χ2n) is 7.59. The van der Waals surface area contributed by atoms with Crippen LogP contribution in [0.15, 0.2) is 30.3 Å². The van der Waals surface area contributed by atoms with Gasteiger partial charge in [0.25, 0.3) is 20.2 Å². The number of carbonyl (C=O) groups excluding carboxylic acids is 1. The Bertz CT molecular complexity index is 834. The van der Waals surface area contributed by atoms with Crippen LogP contribution < -0.4 is 5.73 Å². The van der Waals surface area contributed by atoms with Crippen molar-refractivity contribution in [1.82, 2.24) is 0 Å². The van der Waals surface area contributed by atoms with E-state index in [1.807, 2.05) is 30.3 Å². The predicted molar refractivity (Wildman–Crippen MR) is 107 cm³/mol. The molecule has 0 aliphatic carbocycles. The number of nitrogens with two attached hydrogens (primary N) is 1. The number of carbonyl (C=O) groups is 1. The zero-order valence-electron chi connectivity index (χ0n) is 16.2. The maximum atomic E-state index is 12.3. The Morgan fingerprint density at radius 1 is 1.14 bits per heavy atom. The Morgan fingerprint density at radius 3 is 2.32 bits per heavy atom. The van der Waals surface area contributed by atoms with Crippen LogP contribution in [-0.2, 0) is 35.6 Å². The lowest BCUT2D eigenvalue weighted by molar-refractivity contribution is -0.120. The van der Waals surface area contributed by atoms with Crippen LogP contribution in [0, 0.1) is 5.41 Å². The fourth-order valence-electron chi connectivity index (χ4n) is 2.43. The minimum absolute atomic E-state index is 0.104. The number of benzene rings is 1. The summed E-state index contributed by atoms with van der Waals surface area (Å²) in [7, 11) is -8.13. The Labute approximate surface area is 167 Å².